The van der Waals surface area contributed by atoms with E-state index in [1.165, 1.54) is 5.56 Å². The number of carbonyl (C=O) groups is 1. The van der Waals surface area contributed by atoms with E-state index >= 15 is 0 Å². The van der Waals surface area contributed by atoms with E-state index in [1.807, 2.05) is 19.1 Å². The number of aryl methyl sites for hydroxylation is 1. The van der Waals surface area contributed by atoms with E-state index in [4.69, 9.17) is 9.47 Å². The van der Waals surface area contributed by atoms with Crippen molar-refractivity contribution in [1.82, 2.24) is 9.97 Å². The fourth-order valence-electron chi connectivity index (χ4n) is 4.21. The summed E-state index contributed by atoms with van der Waals surface area (Å²) in [5.41, 5.74) is 3.56. The first kappa shape index (κ1) is 22.8. The molecule has 0 saturated carbocycles. The Labute approximate surface area is 185 Å². The number of carbonyl (C=O) groups excluding carboxylic acids is 1. The van der Waals surface area contributed by atoms with Crippen molar-refractivity contribution in [1.29, 1.82) is 0 Å². The van der Waals surface area contributed by atoms with E-state index in [1.54, 1.807) is 12.4 Å². The molecule has 5 heteroatoms. The monoisotopic (exact) mass is 420 g/mol. The van der Waals surface area contributed by atoms with Gasteiger partial charge in [-0.15, -0.1) is 0 Å². The second kappa shape index (κ2) is 9.51. The van der Waals surface area contributed by atoms with Crippen molar-refractivity contribution < 1.29 is 14.3 Å². The third kappa shape index (κ3) is 6.30. The normalized spacial score (nSPS) is 15.8. The van der Waals surface area contributed by atoms with Crippen molar-refractivity contribution in [3.8, 4) is 17.6 Å². The SMILES string of the molecule is CCOC(=O)CCCCc1cnc(C#Cc2ccc3c(c2)C(C)(C)CC(C)(C)O3)cn1. The molecule has 3 rings (SSSR count). The van der Waals surface area contributed by atoms with Crippen LogP contribution in [0.15, 0.2) is 30.6 Å². The number of aromatic nitrogens is 2. The molecule has 0 spiro atoms. The van der Waals surface area contributed by atoms with Crippen LogP contribution in [0.5, 0.6) is 5.75 Å². The Bertz CT molecular complexity index is 982. The number of fused-ring (bicyclic) bond motifs is 1. The van der Waals surface area contributed by atoms with E-state index in [2.05, 4.69) is 55.6 Å². The highest BCUT2D eigenvalue weighted by molar-refractivity contribution is 5.69. The lowest BCUT2D eigenvalue weighted by atomic mass is 9.73. The van der Waals surface area contributed by atoms with Crippen molar-refractivity contribution in [2.24, 2.45) is 0 Å². The van der Waals surface area contributed by atoms with E-state index in [0.29, 0.717) is 18.7 Å². The molecule has 0 unspecified atom stereocenters. The van der Waals surface area contributed by atoms with E-state index in [0.717, 1.165) is 42.7 Å². The molecule has 0 amide bonds. The van der Waals surface area contributed by atoms with Gasteiger partial charge in [0.05, 0.1) is 18.5 Å². The molecule has 0 atom stereocenters. The van der Waals surface area contributed by atoms with Gasteiger partial charge in [-0.25, -0.2) is 4.98 Å². The first-order valence-electron chi connectivity index (χ1n) is 11.0. The maximum atomic E-state index is 11.4. The highest BCUT2D eigenvalue weighted by Gasteiger charge is 2.38. The van der Waals surface area contributed by atoms with Crippen LogP contribution in [-0.4, -0.2) is 28.1 Å². The molecule has 1 aromatic heterocycles. The van der Waals surface area contributed by atoms with Crippen molar-refractivity contribution in [2.75, 3.05) is 6.61 Å². The number of benzene rings is 1. The Kier molecular flexibility index (Phi) is 7.00. The van der Waals surface area contributed by atoms with Gasteiger partial charge in [-0.2, -0.15) is 0 Å². The number of rotatable bonds is 6. The number of unbranched alkanes of at least 4 members (excludes halogenated alkanes) is 1. The zero-order valence-electron chi connectivity index (χ0n) is 19.2. The maximum absolute atomic E-state index is 11.4. The zero-order chi connectivity index (χ0) is 22.5. The molecule has 1 aliphatic heterocycles. The summed E-state index contributed by atoms with van der Waals surface area (Å²) in [6, 6.07) is 6.14. The second-order valence-corrected chi connectivity index (χ2v) is 9.29. The minimum atomic E-state index is -0.167. The van der Waals surface area contributed by atoms with E-state index in [9.17, 15) is 4.79 Å². The van der Waals surface area contributed by atoms with Crippen LogP contribution in [0.2, 0.25) is 0 Å². The number of esters is 1. The molecule has 2 heterocycles. The van der Waals surface area contributed by atoms with Gasteiger partial charge in [0.15, 0.2) is 0 Å². The van der Waals surface area contributed by atoms with Crippen LogP contribution in [-0.2, 0) is 21.4 Å². The summed E-state index contributed by atoms with van der Waals surface area (Å²) in [6.07, 6.45) is 7.33. The number of nitrogens with zero attached hydrogens (tertiary/aromatic N) is 2. The first-order chi connectivity index (χ1) is 14.7. The van der Waals surface area contributed by atoms with Gasteiger partial charge in [0, 0.05) is 23.7 Å². The van der Waals surface area contributed by atoms with Crippen LogP contribution in [0.1, 0.15) is 82.8 Å². The summed E-state index contributed by atoms with van der Waals surface area (Å²) < 4.78 is 11.1. The van der Waals surface area contributed by atoms with Crippen molar-refractivity contribution in [2.45, 2.75) is 77.7 Å². The maximum Gasteiger partial charge on any atom is 0.305 e. The minimum absolute atomic E-state index is 0.0313. The number of ether oxygens (including phenoxy) is 2. The third-order valence-electron chi connectivity index (χ3n) is 5.37. The standard InChI is InChI=1S/C26H32N2O3/c1-6-30-24(29)10-8-7-9-20-16-28-21(17-27-20)13-11-19-12-14-23-22(15-19)25(2,3)18-26(4,5)31-23/h12,14-17H,6-10,18H2,1-5H3. The van der Waals surface area contributed by atoms with Gasteiger partial charge in [-0.05, 0) is 76.0 Å². The molecule has 31 heavy (non-hydrogen) atoms. The topological polar surface area (TPSA) is 61.3 Å². The van der Waals surface area contributed by atoms with Crippen LogP contribution in [0, 0.1) is 11.8 Å². The molecule has 1 aromatic carbocycles. The lowest BCUT2D eigenvalue weighted by Gasteiger charge is -2.42. The van der Waals surface area contributed by atoms with Crippen molar-refractivity contribution in [3.05, 3.63) is 53.1 Å². The van der Waals surface area contributed by atoms with Crippen LogP contribution in [0.25, 0.3) is 0 Å². The van der Waals surface area contributed by atoms with Gasteiger partial charge in [-0.3, -0.25) is 9.78 Å². The predicted octanol–water partition coefficient (Wildman–Crippen LogP) is 4.99. The van der Waals surface area contributed by atoms with Gasteiger partial charge >= 0.3 is 5.97 Å². The zero-order valence-corrected chi connectivity index (χ0v) is 19.2. The highest BCUT2D eigenvalue weighted by Crippen LogP contribution is 2.44. The molecular formula is C26H32N2O3. The van der Waals surface area contributed by atoms with Crippen LogP contribution < -0.4 is 4.74 Å². The molecule has 1 aliphatic rings. The Morgan fingerprint density at radius 3 is 2.65 bits per heavy atom. The molecule has 0 fully saturated rings. The summed E-state index contributed by atoms with van der Waals surface area (Å²) in [5, 5.41) is 0. The van der Waals surface area contributed by atoms with Crippen molar-refractivity contribution in [3.63, 3.8) is 0 Å². The number of hydrogen-bond donors (Lipinski definition) is 0. The summed E-state index contributed by atoms with van der Waals surface area (Å²) in [5.74, 6) is 7.12. The first-order valence-corrected chi connectivity index (χ1v) is 11.0. The number of hydrogen-bond acceptors (Lipinski definition) is 5. The van der Waals surface area contributed by atoms with Gasteiger partial charge in [0.2, 0.25) is 0 Å². The van der Waals surface area contributed by atoms with Gasteiger partial charge in [-0.1, -0.05) is 19.8 Å². The molecular weight excluding hydrogens is 388 g/mol. The fourth-order valence-corrected chi connectivity index (χ4v) is 4.21. The molecule has 5 nitrogen and oxygen atoms in total. The Morgan fingerprint density at radius 2 is 1.94 bits per heavy atom. The molecule has 0 radical (unpaired) electrons. The average molecular weight is 421 g/mol. The largest absolute Gasteiger partial charge is 0.488 e. The Balaban J connectivity index is 1.61. The highest BCUT2D eigenvalue weighted by atomic mass is 16.5. The quantitative estimate of drug-likeness (QED) is 0.374. The van der Waals surface area contributed by atoms with Crippen molar-refractivity contribution >= 4 is 5.97 Å². The van der Waals surface area contributed by atoms with E-state index in [-0.39, 0.29) is 17.0 Å². The minimum Gasteiger partial charge on any atom is -0.488 e. The summed E-state index contributed by atoms with van der Waals surface area (Å²) in [4.78, 5) is 20.2. The molecule has 0 aliphatic carbocycles. The van der Waals surface area contributed by atoms with Crippen LogP contribution in [0.3, 0.4) is 0 Å². The molecule has 164 valence electrons. The molecule has 2 aromatic rings. The summed E-state index contributed by atoms with van der Waals surface area (Å²) in [7, 11) is 0. The average Bonchev–Trinajstić information content (AvgIpc) is 2.70. The van der Waals surface area contributed by atoms with Gasteiger partial charge < -0.3 is 9.47 Å². The predicted molar refractivity (Wildman–Crippen MR) is 121 cm³/mol. The van der Waals surface area contributed by atoms with Gasteiger partial charge in [0.25, 0.3) is 0 Å². The van der Waals surface area contributed by atoms with Crippen LogP contribution in [0.4, 0.5) is 0 Å². The third-order valence-corrected chi connectivity index (χ3v) is 5.37. The Morgan fingerprint density at radius 1 is 1.13 bits per heavy atom. The lowest BCUT2D eigenvalue weighted by molar-refractivity contribution is -0.143. The summed E-state index contributed by atoms with van der Waals surface area (Å²) >= 11 is 0. The second-order valence-electron chi connectivity index (χ2n) is 9.29. The fraction of sp³-hybridized carbons (Fsp3) is 0.500. The summed E-state index contributed by atoms with van der Waals surface area (Å²) in [6.45, 7) is 11.0. The van der Waals surface area contributed by atoms with E-state index < -0.39 is 0 Å². The Hall–Kier alpha value is -2.87. The molecule has 0 bridgehead atoms. The molecule has 0 saturated heterocycles. The molecule has 0 N–H and O–H groups in total. The van der Waals surface area contributed by atoms with Crippen LogP contribution >= 0.6 is 0 Å². The van der Waals surface area contributed by atoms with Gasteiger partial charge in [0.1, 0.15) is 17.0 Å². The smallest absolute Gasteiger partial charge is 0.305 e. The lowest BCUT2D eigenvalue weighted by Crippen LogP contribution is -2.41.